The minimum Gasteiger partial charge on any atom is -0.493 e. The van der Waals surface area contributed by atoms with Crippen molar-refractivity contribution in [1.82, 2.24) is 9.97 Å². The number of carbonyl (C=O) groups is 2. The first-order valence-corrected chi connectivity index (χ1v) is 16.2. The second-order valence-electron chi connectivity index (χ2n) is 12.4. The average molecular weight is 619 g/mol. The largest absolute Gasteiger partial charge is 0.493 e. The van der Waals surface area contributed by atoms with E-state index in [9.17, 15) is 19.8 Å². The van der Waals surface area contributed by atoms with E-state index in [1.165, 1.54) is 16.7 Å². The van der Waals surface area contributed by atoms with Crippen LogP contribution in [0.25, 0.3) is 10.4 Å². The molecule has 44 heavy (non-hydrogen) atoms. The Morgan fingerprint density at radius 3 is 2.57 bits per heavy atom. The number of nitrogens with zero attached hydrogens (tertiary/aromatic N) is 1. The summed E-state index contributed by atoms with van der Waals surface area (Å²) in [5.41, 5.74) is 3.81. The standard InChI is InChI=1S/C35H42N2O6S/c1-20(2)31(30-17-28(42-4)19-43-30)33(41)25-14-26(16-27(39)15-25)35-36-18-29(37-35)32(40)24(9-11-38)13-22-5-7-23(8-6-22)34-21(3)10-12-44-34/h5-8,10,12,17-20,24-27,31,38-39H,9,11,13-16H2,1-4H3,(H,36,37)/t24?,25?,26-,27-,31?/m0/s1. The van der Waals surface area contributed by atoms with E-state index in [0.717, 1.165) is 11.1 Å². The molecule has 1 aliphatic rings. The van der Waals surface area contributed by atoms with Crippen LogP contribution in [0, 0.1) is 24.7 Å². The maximum absolute atomic E-state index is 13.8. The number of aromatic amines is 1. The number of hydrogen-bond donors (Lipinski definition) is 3. The molecule has 3 heterocycles. The summed E-state index contributed by atoms with van der Waals surface area (Å²) >= 11 is 1.71. The van der Waals surface area contributed by atoms with E-state index in [1.54, 1.807) is 30.7 Å². The number of aliphatic hydroxyl groups excluding tert-OH is 2. The highest BCUT2D eigenvalue weighted by molar-refractivity contribution is 7.13. The van der Waals surface area contributed by atoms with Crippen molar-refractivity contribution in [2.24, 2.45) is 17.8 Å². The van der Waals surface area contributed by atoms with E-state index in [4.69, 9.17) is 9.15 Å². The normalized spacial score (nSPS) is 20.0. The second kappa shape index (κ2) is 14.1. The van der Waals surface area contributed by atoms with E-state index < -0.39 is 17.9 Å². The summed E-state index contributed by atoms with van der Waals surface area (Å²) in [7, 11) is 1.56. The van der Waals surface area contributed by atoms with Crippen LogP contribution in [0.3, 0.4) is 0 Å². The summed E-state index contributed by atoms with van der Waals surface area (Å²) in [4.78, 5) is 36.4. The number of nitrogens with one attached hydrogen (secondary N) is 1. The molecule has 3 N–H and O–H groups in total. The lowest BCUT2D eigenvalue weighted by atomic mass is 9.72. The minimum atomic E-state index is -0.658. The van der Waals surface area contributed by atoms with Gasteiger partial charge in [0, 0.05) is 35.3 Å². The number of imidazole rings is 1. The number of rotatable bonds is 13. The molecule has 0 saturated heterocycles. The molecule has 1 aliphatic carbocycles. The van der Waals surface area contributed by atoms with Crippen LogP contribution in [-0.2, 0) is 11.2 Å². The number of ether oxygens (including phenoxy) is 1. The maximum atomic E-state index is 13.8. The van der Waals surface area contributed by atoms with Crippen LogP contribution in [0.5, 0.6) is 5.75 Å². The van der Waals surface area contributed by atoms with Gasteiger partial charge in [-0.25, -0.2) is 4.98 Å². The molecule has 5 rings (SSSR count). The van der Waals surface area contributed by atoms with Gasteiger partial charge in [0.15, 0.2) is 11.5 Å². The van der Waals surface area contributed by atoms with Gasteiger partial charge in [0.1, 0.15) is 29.3 Å². The number of aromatic nitrogens is 2. The van der Waals surface area contributed by atoms with E-state index in [2.05, 4.69) is 40.5 Å². The van der Waals surface area contributed by atoms with Crippen LogP contribution >= 0.6 is 11.3 Å². The van der Waals surface area contributed by atoms with Crippen molar-refractivity contribution in [3.63, 3.8) is 0 Å². The van der Waals surface area contributed by atoms with Gasteiger partial charge in [0.25, 0.3) is 0 Å². The topological polar surface area (TPSA) is 126 Å². The first-order valence-electron chi connectivity index (χ1n) is 15.4. The van der Waals surface area contributed by atoms with Crippen molar-refractivity contribution >= 4 is 22.9 Å². The number of furan rings is 1. The number of H-pyrrole nitrogens is 1. The van der Waals surface area contributed by atoms with Crippen molar-refractivity contribution in [3.05, 3.63) is 82.6 Å². The number of benzene rings is 1. The molecule has 0 radical (unpaired) electrons. The molecule has 3 unspecified atom stereocenters. The molecule has 8 nitrogen and oxygen atoms in total. The summed E-state index contributed by atoms with van der Waals surface area (Å²) in [5.74, 6) is 0.230. The van der Waals surface area contributed by atoms with Gasteiger partial charge >= 0.3 is 0 Å². The summed E-state index contributed by atoms with van der Waals surface area (Å²) in [5, 5.41) is 22.6. The SMILES string of the molecule is COc1coc(C(C(=O)C2C[C@H](O)C[C@@H](c3ncc(C(=O)C(CCO)Cc4ccc(-c5sccc5C)cc4)[nH]3)C2)C(C)C)c1. The fraction of sp³-hybridized carbons (Fsp3) is 0.457. The molecule has 234 valence electrons. The van der Waals surface area contributed by atoms with Gasteiger partial charge in [-0.05, 0) is 73.1 Å². The van der Waals surface area contributed by atoms with Crippen molar-refractivity contribution in [3.8, 4) is 16.2 Å². The monoisotopic (exact) mass is 618 g/mol. The molecular weight excluding hydrogens is 576 g/mol. The Balaban J connectivity index is 1.28. The average Bonchev–Trinajstić information content (AvgIpc) is 3.78. The van der Waals surface area contributed by atoms with E-state index in [1.807, 2.05) is 26.0 Å². The Morgan fingerprint density at radius 1 is 1.16 bits per heavy atom. The number of aliphatic hydroxyl groups is 2. The van der Waals surface area contributed by atoms with E-state index >= 15 is 0 Å². The molecule has 3 aromatic heterocycles. The molecule has 4 aromatic rings. The third kappa shape index (κ3) is 7.06. The number of aryl methyl sites for hydroxylation is 1. The van der Waals surface area contributed by atoms with Crippen LogP contribution in [0.15, 0.2) is 58.7 Å². The molecule has 0 amide bonds. The number of thiophene rings is 1. The Labute approximate surface area is 262 Å². The number of hydrogen-bond acceptors (Lipinski definition) is 8. The van der Waals surface area contributed by atoms with E-state index in [0.29, 0.717) is 55.1 Å². The van der Waals surface area contributed by atoms with Crippen LogP contribution in [0.2, 0.25) is 0 Å². The second-order valence-corrected chi connectivity index (χ2v) is 13.3. The van der Waals surface area contributed by atoms with Crippen molar-refractivity contribution in [2.75, 3.05) is 13.7 Å². The zero-order valence-electron chi connectivity index (χ0n) is 25.8. The van der Waals surface area contributed by atoms with E-state index in [-0.39, 0.29) is 35.9 Å². The number of methoxy groups -OCH3 is 1. The lowest BCUT2D eigenvalue weighted by molar-refractivity contribution is -0.128. The van der Waals surface area contributed by atoms with Crippen LogP contribution in [0.4, 0.5) is 0 Å². The Kier molecular flexibility index (Phi) is 10.2. The summed E-state index contributed by atoms with van der Waals surface area (Å²) in [6.07, 6.45) is 4.60. The molecule has 1 fully saturated rings. The molecule has 0 bridgehead atoms. The van der Waals surface area contributed by atoms with Gasteiger partial charge in [-0.1, -0.05) is 38.1 Å². The van der Waals surface area contributed by atoms with Gasteiger partial charge in [0.2, 0.25) is 0 Å². The fourth-order valence-corrected chi connectivity index (χ4v) is 7.45. The highest BCUT2D eigenvalue weighted by Gasteiger charge is 2.39. The molecule has 1 aromatic carbocycles. The predicted octanol–water partition coefficient (Wildman–Crippen LogP) is 6.73. The molecule has 0 spiro atoms. The van der Waals surface area contributed by atoms with Crippen molar-refractivity contribution in [2.45, 2.75) is 70.8 Å². The van der Waals surface area contributed by atoms with Crippen molar-refractivity contribution in [1.29, 1.82) is 0 Å². The molecule has 1 saturated carbocycles. The number of ketones is 2. The number of Topliss-reactive ketones (excluding diaryl/α,β-unsaturated/α-hetero) is 2. The zero-order chi connectivity index (χ0) is 31.4. The third-order valence-corrected chi connectivity index (χ3v) is 9.92. The maximum Gasteiger partial charge on any atom is 0.184 e. The Hall–Kier alpha value is -3.53. The van der Waals surface area contributed by atoms with Gasteiger partial charge in [-0.2, -0.15) is 0 Å². The van der Waals surface area contributed by atoms with Gasteiger partial charge in [-0.3, -0.25) is 9.59 Å². The Morgan fingerprint density at radius 2 is 1.93 bits per heavy atom. The Bertz CT molecular complexity index is 1550. The summed E-state index contributed by atoms with van der Waals surface area (Å²) in [6, 6.07) is 12.1. The van der Waals surface area contributed by atoms with Gasteiger partial charge < -0.3 is 24.4 Å². The smallest absolute Gasteiger partial charge is 0.184 e. The molecule has 5 atom stereocenters. The third-order valence-electron chi connectivity index (χ3n) is 8.85. The predicted molar refractivity (Wildman–Crippen MR) is 170 cm³/mol. The van der Waals surface area contributed by atoms with Crippen LogP contribution in [-0.4, -0.2) is 51.6 Å². The molecule has 9 heteroatoms. The molecular formula is C35H42N2O6S. The first-order chi connectivity index (χ1) is 21.2. The highest BCUT2D eigenvalue weighted by Crippen LogP contribution is 2.41. The van der Waals surface area contributed by atoms with Crippen LogP contribution < -0.4 is 4.74 Å². The highest BCUT2D eigenvalue weighted by atomic mass is 32.1. The van der Waals surface area contributed by atoms with Crippen LogP contribution in [0.1, 0.15) is 84.6 Å². The number of carbonyl (C=O) groups excluding carboxylic acids is 2. The summed E-state index contributed by atoms with van der Waals surface area (Å²) in [6.45, 7) is 5.98. The fourth-order valence-electron chi connectivity index (χ4n) is 6.52. The van der Waals surface area contributed by atoms with Gasteiger partial charge in [-0.15, -0.1) is 11.3 Å². The minimum absolute atomic E-state index is 0.00295. The first kappa shape index (κ1) is 31.9. The van der Waals surface area contributed by atoms with Crippen molar-refractivity contribution < 1.29 is 29.0 Å². The lowest BCUT2D eigenvalue weighted by Gasteiger charge is -2.33. The zero-order valence-corrected chi connectivity index (χ0v) is 26.6. The quantitative estimate of drug-likeness (QED) is 0.142. The molecule has 0 aliphatic heterocycles. The summed E-state index contributed by atoms with van der Waals surface area (Å²) < 4.78 is 10.9. The van der Waals surface area contributed by atoms with Gasteiger partial charge in [0.05, 0.1) is 25.3 Å². The lowest BCUT2D eigenvalue weighted by Crippen LogP contribution is -2.34.